The van der Waals surface area contributed by atoms with Crippen LogP contribution in [0.25, 0.3) is 16.6 Å². The topological polar surface area (TPSA) is 87.0 Å². The number of rotatable bonds is 7. The van der Waals surface area contributed by atoms with Crippen LogP contribution in [0.2, 0.25) is 0 Å². The first kappa shape index (κ1) is 25.6. The van der Waals surface area contributed by atoms with Gasteiger partial charge in [-0.15, -0.1) is 0 Å². The van der Waals surface area contributed by atoms with Crippen LogP contribution in [0.4, 0.5) is 13.2 Å². The number of ether oxygens (including phenoxy) is 3. The van der Waals surface area contributed by atoms with E-state index in [1.165, 1.54) is 16.7 Å². The molecule has 0 aliphatic heterocycles. The summed E-state index contributed by atoms with van der Waals surface area (Å²) in [5.74, 6) is -1.33. The number of carboxylic acids is 1. The van der Waals surface area contributed by atoms with E-state index in [1.54, 1.807) is 30.3 Å². The molecule has 7 nitrogen and oxygen atoms in total. The van der Waals surface area contributed by atoms with Crippen LogP contribution in [0.1, 0.15) is 40.3 Å². The van der Waals surface area contributed by atoms with Crippen LogP contribution in [-0.2, 0) is 10.9 Å². The van der Waals surface area contributed by atoms with Crippen molar-refractivity contribution < 1.29 is 42.1 Å². The Morgan fingerprint density at radius 3 is 2.03 bits per heavy atom. The van der Waals surface area contributed by atoms with E-state index in [4.69, 9.17) is 14.2 Å². The predicted molar refractivity (Wildman–Crippen MR) is 129 cm³/mol. The zero-order valence-electron chi connectivity index (χ0n) is 20.0. The molecule has 4 aromatic rings. The van der Waals surface area contributed by atoms with Crippen LogP contribution >= 0.6 is 0 Å². The van der Waals surface area contributed by atoms with Gasteiger partial charge in [-0.05, 0) is 80.6 Å². The summed E-state index contributed by atoms with van der Waals surface area (Å²) >= 11 is 0. The third-order valence-corrected chi connectivity index (χ3v) is 5.42. The van der Waals surface area contributed by atoms with E-state index < -0.39 is 23.7 Å². The molecule has 4 rings (SSSR count). The van der Waals surface area contributed by atoms with Gasteiger partial charge in [-0.2, -0.15) is 13.2 Å². The fourth-order valence-electron chi connectivity index (χ4n) is 3.90. The third-order valence-electron chi connectivity index (χ3n) is 5.42. The van der Waals surface area contributed by atoms with Crippen LogP contribution < -0.4 is 9.47 Å². The minimum atomic E-state index is -4.49. The second-order valence-corrected chi connectivity index (χ2v) is 8.32. The zero-order chi connectivity index (χ0) is 26.9. The Bertz CT molecular complexity index is 1460. The van der Waals surface area contributed by atoms with Gasteiger partial charge in [-0.3, -0.25) is 0 Å². The summed E-state index contributed by atoms with van der Waals surface area (Å²) in [6.07, 6.45) is -4.54. The van der Waals surface area contributed by atoms with Gasteiger partial charge in [-0.1, -0.05) is 0 Å². The van der Waals surface area contributed by atoms with Gasteiger partial charge in [0.2, 0.25) is 0 Å². The number of methoxy groups -OCH3 is 1. The second kappa shape index (κ2) is 9.88. The van der Waals surface area contributed by atoms with Gasteiger partial charge in [0.15, 0.2) is 0 Å². The number of benzene rings is 3. The summed E-state index contributed by atoms with van der Waals surface area (Å²) < 4.78 is 56.2. The molecule has 0 fully saturated rings. The average molecular weight is 513 g/mol. The molecule has 0 aliphatic rings. The highest BCUT2D eigenvalue weighted by Gasteiger charge is 2.31. The number of carboxylic acid groups (broad SMARTS) is 1. The van der Waals surface area contributed by atoms with Gasteiger partial charge in [0.1, 0.15) is 28.5 Å². The minimum absolute atomic E-state index is 0.0504. The van der Waals surface area contributed by atoms with E-state index in [2.05, 4.69) is 0 Å². The van der Waals surface area contributed by atoms with Crippen molar-refractivity contribution in [3.05, 3.63) is 83.6 Å². The molecule has 1 aromatic heterocycles. The summed E-state index contributed by atoms with van der Waals surface area (Å²) in [7, 11) is 1.15. The first-order chi connectivity index (χ1) is 17.5. The lowest BCUT2D eigenvalue weighted by molar-refractivity contribution is -0.137. The molecule has 0 radical (unpaired) electrons. The summed E-state index contributed by atoms with van der Waals surface area (Å²) in [5.41, 5.74) is -0.454. The van der Waals surface area contributed by atoms with Crippen LogP contribution in [0, 0.1) is 0 Å². The van der Waals surface area contributed by atoms with Gasteiger partial charge >= 0.3 is 18.1 Å². The number of hydrogen-bond donors (Lipinski definition) is 1. The molecule has 0 amide bonds. The van der Waals surface area contributed by atoms with Crippen molar-refractivity contribution in [3.63, 3.8) is 0 Å². The van der Waals surface area contributed by atoms with Crippen LogP contribution in [-0.4, -0.2) is 34.8 Å². The molecular weight excluding hydrogens is 491 g/mol. The highest BCUT2D eigenvalue weighted by molar-refractivity contribution is 6.13. The smallest absolute Gasteiger partial charge is 0.416 e. The van der Waals surface area contributed by atoms with Gasteiger partial charge in [0, 0.05) is 11.1 Å². The maximum Gasteiger partial charge on any atom is 0.416 e. The number of fused-ring (bicyclic) bond motifs is 1. The number of carbonyl (C=O) groups is 2. The van der Waals surface area contributed by atoms with Crippen molar-refractivity contribution in [3.8, 4) is 22.9 Å². The summed E-state index contributed by atoms with van der Waals surface area (Å²) in [5, 5.41) is 10.2. The molecule has 3 aromatic carbocycles. The van der Waals surface area contributed by atoms with Crippen molar-refractivity contribution in [2.45, 2.75) is 26.1 Å². The van der Waals surface area contributed by atoms with Gasteiger partial charge in [0.05, 0.1) is 24.3 Å². The van der Waals surface area contributed by atoms with E-state index in [0.717, 1.165) is 31.4 Å². The van der Waals surface area contributed by atoms with E-state index >= 15 is 0 Å². The maximum atomic E-state index is 12.8. The molecule has 0 spiro atoms. The van der Waals surface area contributed by atoms with Crippen molar-refractivity contribution in [2.24, 2.45) is 0 Å². The monoisotopic (exact) mass is 513 g/mol. The largest absolute Gasteiger partial charge is 0.491 e. The highest BCUT2D eigenvalue weighted by Crippen LogP contribution is 2.36. The number of hydrogen-bond acceptors (Lipinski definition) is 5. The van der Waals surface area contributed by atoms with Crippen molar-refractivity contribution in [1.82, 2.24) is 4.57 Å². The van der Waals surface area contributed by atoms with Crippen LogP contribution in [0.3, 0.4) is 0 Å². The molecule has 0 atom stereocenters. The Kier molecular flexibility index (Phi) is 6.84. The van der Waals surface area contributed by atoms with E-state index in [-0.39, 0.29) is 34.2 Å². The summed E-state index contributed by atoms with van der Waals surface area (Å²) in [6, 6.07) is 15.4. The number of carbonyl (C=O) groups excluding carboxylic acids is 1. The normalized spacial score (nSPS) is 11.5. The van der Waals surface area contributed by atoms with Gasteiger partial charge in [-0.25, -0.2) is 9.59 Å². The minimum Gasteiger partial charge on any atom is -0.491 e. The van der Waals surface area contributed by atoms with Crippen molar-refractivity contribution >= 4 is 22.8 Å². The average Bonchev–Trinajstić information content (AvgIpc) is 3.18. The molecule has 37 heavy (non-hydrogen) atoms. The molecule has 192 valence electrons. The fraction of sp³-hybridized carbons (Fsp3) is 0.185. The van der Waals surface area contributed by atoms with Crippen molar-refractivity contribution in [2.75, 3.05) is 7.11 Å². The number of aromatic nitrogens is 1. The number of nitrogens with zero attached hydrogens (tertiary/aromatic N) is 1. The standard InChI is InChI=1S/C27H22F3NO6/c1-15(2)36-18-10-6-17(7-11-18)31-22-13-12-20(37-19-8-4-16(5-9-19)27(28,29)30)14-21(22)23(25(32)33)24(31)26(34)35-3/h4-15H,1-3H3,(H,32,33). The first-order valence-electron chi connectivity index (χ1n) is 11.1. The van der Waals surface area contributed by atoms with Crippen LogP contribution in [0.5, 0.6) is 17.2 Å². The Morgan fingerprint density at radius 1 is 0.892 bits per heavy atom. The molecule has 1 heterocycles. The van der Waals surface area contributed by atoms with Crippen molar-refractivity contribution in [1.29, 1.82) is 0 Å². The highest BCUT2D eigenvalue weighted by atomic mass is 19.4. The predicted octanol–water partition coefficient (Wildman–Crippen LogP) is 6.71. The molecule has 10 heteroatoms. The number of esters is 1. The lowest BCUT2D eigenvalue weighted by Crippen LogP contribution is -2.14. The number of halogens is 3. The lowest BCUT2D eigenvalue weighted by Gasteiger charge is -2.13. The molecule has 0 saturated heterocycles. The van der Waals surface area contributed by atoms with E-state index in [9.17, 15) is 27.9 Å². The SMILES string of the molecule is COC(=O)c1c(C(=O)O)c2cc(Oc3ccc(C(F)(F)F)cc3)ccc2n1-c1ccc(OC(C)C)cc1. The Morgan fingerprint density at radius 2 is 1.49 bits per heavy atom. The zero-order valence-corrected chi connectivity index (χ0v) is 20.0. The van der Waals surface area contributed by atoms with E-state index in [1.807, 2.05) is 13.8 Å². The van der Waals surface area contributed by atoms with Gasteiger partial charge in [0.25, 0.3) is 0 Å². The Hall–Kier alpha value is -4.47. The Labute approximate surface area is 209 Å². The quantitative estimate of drug-likeness (QED) is 0.276. The number of alkyl halides is 3. The molecule has 1 N–H and O–H groups in total. The number of aromatic carboxylic acids is 1. The fourth-order valence-corrected chi connectivity index (χ4v) is 3.90. The summed E-state index contributed by atoms with van der Waals surface area (Å²) in [6.45, 7) is 3.76. The van der Waals surface area contributed by atoms with Gasteiger partial charge < -0.3 is 23.9 Å². The molecular formula is C27H22F3NO6. The van der Waals surface area contributed by atoms with E-state index in [0.29, 0.717) is 17.0 Å². The molecule has 0 bridgehead atoms. The second-order valence-electron chi connectivity index (χ2n) is 8.32. The molecule has 0 unspecified atom stereocenters. The summed E-state index contributed by atoms with van der Waals surface area (Å²) in [4.78, 5) is 25.0. The lowest BCUT2D eigenvalue weighted by atomic mass is 10.1. The molecule has 0 saturated carbocycles. The molecule has 0 aliphatic carbocycles. The first-order valence-corrected chi connectivity index (χ1v) is 11.1. The third kappa shape index (κ3) is 5.23. The van der Waals surface area contributed by atoms with Crippen LogP contribution in [0.15, 0.2) is 66.7 Å². The Balaban J connectivity index is 1.83. The maximum absolute atomic E-state index is 12.8.